The fourth-order valence-corrected chi connectivity index (χ4v) is 2.62. The van der Waals surface area contributed by atoms with Gasteiger partial charge in [0.2, 0.25) is 0 Å². The quantitative estimate of drug-likeness (QED) is 0.356. The summed E-state index contributed by atoms with van der Waals surface area (Å²) in [6, 6.07) is 27.8. The van der Waals surface area contributed by atoms with Crippen molar-refractivity contribution >= 4 is 12.5 Å². The van der Waals surface area contributed by atoms with Crippen LogP contribution in [0.1, 0.15) is 0 Å². The molecular weight excluding hydrogens is 400 g/mol. The summed E-state index contributed by atoms with van der Waals surface area (Å²) in [6.45, 7) is 0. The monoisotopic (exact) mass is 420 g/mol. The molecule has 0 fully saturated rings. The van der Waals surface area contributed by atoms with Gasteiger partial charge in [-0.15, -0.1) is 0 Å². The van der Waals surface area contributed by atoms with Crippen molar-refractivity contribution in [3.8, 4) is 45.3 Å². The third-order valence-electron chi connectivity index (χ3n) is 4.14. The minimum Gasteiger partial charge on any atom is -0.508 e. The van der Waals surface area contributed by atoms with Gasteiger partial charge in [0.25, 0.3) is 0 Å². The average molecular weight is 420 g/mol. The van der Waals surface area contributed by atoms with Crippen molar-refractivity contribution in [2.75, 3.05) is 0 Å². The van der Waals surface area contributed by atoms with Crippen LogP contribution in [0.5, 0.6) is 23.0 Å². The summed E-state index contributed by atoms with van der Waals surface area (Å²) in [5.74, 6) is 1.03. The van der Waals surface area contributed by atoms with Gasteiger partial charge in [-0.05, 0) is 70.8 Å². The van der Waals surface area contributed by atoms with Crippen molar-refractivity contribution in [2.24, 2.45) is 0 Å². The van der Waals surface area contributed by atoms with Crippen LogP contribution in [0, 0.1) is 0 Å². The Morgan fingerprint density at radius 1 is 0.333 bits per heavy atom. The Morgan fingerprint density at radius 2 is 0.467 bits per heavy atom. The number of hydrogen-bond acceptors (Lipinski definition) is 6. The summed E-state index contributed by atoms with van der Waals surface area (Å²) < 4.78 is 7.83. The van der Waals surface area contributed by atoms with E-state index in [-0.39, 0.29) is 23.0 Å². The molecule has 0 saturated heterocycles. The molecule has 0 bridgehead atoms. The lowest BCUT2D eigenvalue weighted by Crippen LogP contribution is -1.75. The Balaban J connectivity index is 0.000000197. The van der Waals surface area contributed by atoms with E-state index < -0.39 is 0 Å². The van der Waals surface area contributed by atoms with E-state index in [4.69, 9.17) is 24.6 Å². The van der Waals surface area contributed by atoms with E-state index in [0.717, 1.165) is 22.3 Å². The molecule has 4 rings (SSSR count). The highest BCUT2D eigenvalue weighted by Crippen LogP contribution is 2.24. The Kier molecular flexibility index (Phi) is 8.35. The first-order valence-electron chi connectivity index (χ1n) is 8.85. The third-order valence-corrected chi connectivity index (χ3v) is 4.14. The summed E-state index contributed by atoms with van der Waals surface area (Å²) >= 11 is 2.83. The highest BCUT2D eigenvalue weighted by atomic mass is 32.1. The van der Waals surface area contributed by atoms with Crippen molar-refractivity contribution in [1.82, 2.24) is 0 Å². The van der Waals surface area contributed by atoms with Crippen LogP contribution in [0.4, 0.5) is 0 Å². The van der Waals surface area contributed by atoms with Crippen LogP contribution < -0.4 is 0 Å². The molecule has 0 saturated carbocycles. The van der Waals surface area contributed by atoms with Crippen LogP contribution in [0.15, 0.2) is 97.1 Å². The first-order valence-corrected chi connectivity index (χ1v) is 9.18. The van der Waals surface area contributed by atoms with Crippen LogP contribution in [0.2, 0.25) is 0 Å². The fourth-order valence-electron chi connectivity index (χ4n) is 2.62. The molecule has 5 nitrogen and oxygen atoms in total. The molecule has 0 unspecified atom stereocenters. The topological polar surface area (TPSA) is 98.0 Å². The lowest BCUT2D eigenvalue weighted by atomic mass is 10.1. The van der Waals surface area contributed by atoms with E-state index in [2.05, 4.69) is 12.5 Å². The summed E-state index contributed by atoms with van der Waals surface area (Å²) in [5, 5.41) is 36.4. The van der Waals surface area contributed by atoms with Crippen LogP contribution in [-0.4, -0.2) is 24.6 Å². The maximum absolute atomic E-state index is 9.11. The zero-order chi connectivity index (χ0) is 21.9. The molecule has 152 valence electrons. The molecule has 0 atom stereocenters. The molecule has 0 aliphatic rings. The van der Waals surface area contributed by atoms with Gasteiger partial charge < -0.3 is 20.4 Å². The van der Waals surface area contributed by atoms with Crippen molar-refractivity contribution in [3.05, 3.63) is 97.1 Å². The molecule has 0 aliphatic carbocycles. The van der Waals surface area contributed by atoms with Gasteiger partial charge in [0, 0.05) is 0 Å². The lowest BCUT2D eigenvalue weighted by molar-refractivity contribution is 0.474. The van der Waals surface area contributed by atoms with Crippen molar-refractivity contribution in [3.63, 3.8) is 0 Å². The van der Waals surface area contributed by atoms with Crippen LogP contribution in [-0.2, 0) is 12.5 Å². The zero-order valence-corrected chi connectivity index (χ0v) is 16.7. The van der Waals surface area contributed by atoms with Gasteiger partial charge in [-0.25, -0.2) is 0 Å². The van der Waals surface area contributed by atoms with E-state index in [1.54, 1.807) is 48.5 Å². The Labute approximate surface area is 179 Å². The van der Waals surface area contributed by atoms with Crippen molar-refractivity contribution < 1.29 is 24.6 Å². The molecule has 4 aromatic carbocycles. The largest absolute Gasteiger partial charge is 0.508 e. The molecule has 0 spiro atoms. The molecule has 30 heavy (non-hydrogen) atoms. The first-order chi connectivity index (χ1) is 14.5. The smallest absolute Gasteiger partial charge is 0.197 e. The number of phenols is 4. The standard InChI is InChI=1S/2C12H10O2.OS/c2*13-11-5-1-9(2-6-11)10-3-7-12(14)8-4-10;1-2/h2*1-8,13-14H;. The lowest BCUT2D eigenvalue weighted by Gasteiger charge is -2.01. The molecule has 0 radical (unpaired) electrons. The Bertz CT molecular complexity index is 855. The Hall–Kier alpha value is -3.90. The van der Waals surface area contributed by atoms with E-state index in [1.807, 2.05) is 48.5 Å². The third kappa shape index (κ3) is 6.61. The second-order valence-electron chi connectivity index (χ2n) is 6.19. The minimum atomic E-state index is 0.257. The molecule has 4 aromatic rings. The number of hydrogen-bond donors (Lipinski definition) is 4. The first kappa shape index (κ1) is 22.4. The molecule has 0 aromatic heterocycles. The van der Waals surface area contributed by atoms with E-state index in [9.17, 15) is 0 Å². The van der Waals surface area contributed by atoms with E-state index >= 15 is 0 Å². The minimum absolute atomic E-state index is 0.257. The summed E-state index contributed by atoms with van der Waals surface area (Å²) in [7, 11) is 0. The van der Waals surface area contributed by atoms with Gasteiger partial charge in [0.15, 0.2) is 12.5 Å². The van der Waals surface area contributed by atoms with Crippen LogP contribution in [0.3, 0.4) is 0 Å². The van der Waals surface area contributed by atoms with Crippen molar-refractivity contribution in [2.45, 2.75) is 0 Å². The second kappa shape index (κ2) is 11.2. The van der Waals surface area contributed by atoms with Crippen LogP contribution in [0.25, 0.3) is 22.3 Å². The molecular formula is C24H20O5S. The SMILES string of the molecule is O=S.Oc1ccc(-c2ccc(O)cc2)cc1.Oc1ccc(-c2ccc(O)cc2)cc1. The number of rotatable bonds is 2. The molecule has 0 amide bonds. The normalized spacial score (nSPS) is 9.47. The zero-order valence-electron chi connectivity index (χ0n) is 15.8. The molecule has 4 N–H and O–H groups in total. The predicted octanol–water partition coefficient (Wildman–Crippen LogP) is 5.19. The second-order valence-corrected chi connectivity index (χ2v) is 6.19. The van der Waals surface area contributed by atoms with Gasteiger partial charge in [0.05, 0.1) is 0 Å². The molecule has 6 heteroatoms. The molecule has 0 aliphatic heterocycles. The highest BCUT2D eigenvalue weighted by molar-refractivity contribution is 7.44. The number of aromatic hydroxyl groups is 4. The average Bonchev–Trinajstić information content (AvgIpc) is 2.78. The summed E-state index contributed by atoms with van der Waals surface area (Å²) in [5.41, 5.74) is 4.07. The van der Waals surface area contributed by atoms with Crippen LogP contribution >= 0.6 is 0 Å². The van der Waals surface area contributed by atoms with Gasteiger partial charge >= 0.3 is 0 Å². The maximum atomic E-state index is 9.11. The van der Waals surface area contributed by atoms with Crippen molar-refractivity contribution in [1.29, 1.82) is 0 Å². The summed E-state index contributed by atoms with van der Waals surface area (Å²) in [4.78, 5) is 0. The highest BCUT2D eigenvalue weighted by Gasteiger charge is 1.98. The van der Waals surface area contributed by atoms with E-state index in [0.29, 0.717) is 0 Å². The maximum Gasteiger partial charge on any atom is 0.197 e. The Morgan fingerprint density at radius 3 is 0.600 bits per heavy atom. The van der Waals surface area contributed by atoms with E-state index in [1.165, 1.54) is 0 Å². The van der Waals surface area contributed by atoms with Gasteiger partial charge in [-0.2, -0.15) is 4.21 Å². The fraction of sp³-hybridized carbons (Fsp3) is 0. The number of phenolic OH excluding ortho intramolecular Hbond substituents is 4. The number of benzene rings is 4. The van der Waals surface area contributed by atoms with Gasteiger partial charge in [-0.1, -0.05) is 48.5 Å². The summed E-state index contributed by atoms with van der Waals surface area (Å²) in [6.07, 6.45) is 0. The predicted molar refractivity (Wildman–Crippen MR) is 119 cm³/mol. The van der Waals surface area contributed by atoms with Gasteiger partial charge in [-0.3, -0.25) is 0 Å². The van der Waals surface area contributed by atoms with Gasteiger partial charge in [0.1, 0.15) is 23.0 Å². The molecule has 0 heterocycles.